The fourth-order valence-corrected chi connectivity index (χ4v) is 5.16. The highest BCUT2D eigenvalue weighted by atomic mass is 32.2. The van der Waals surface area contributed by atoms with Crippen LogP contribution in [0.15, 0.2) is 66.1 Å². The van der Waals surface area contributed by atoms with E-state index in [1.165, 1.54) is 28.7 Å². The predicted molar refractivity (Wildman–Crippen MR) is 141 cm³/mol. The molecule has 0 fully saturated rings. The molecule has 192 valence electrons. The van der Waals surface area contributed by atoms with Crippen LogP contribution in [0.5, 0.6) is 0 Å². The Labute approximate surface area is 217 Å². The van der Waals surface area contributed by atoms with Crippen LogP contribution in [-0.4, -0.2) is 56.4 Å². The van der Waals surface area contributed by atoms with Crippen LogP contribution in [0.1, 0.15) is 45.7 Å². The summed E-state index contributed by atoms with van der Waals surface area (Å²) in [6, 6.07) is 17.5. The summed E-state index contributed by atoms with van der Waals surface area (Å²) >= 11 is 1.41. The molecule has 0 radical (unpaired) electrons. The summed E-state index contributed by atoms with van der Waals surface area (Å²) in [5, 5.41) is 15.2. The highest BCUT2D eigenvalue weighted by molar-refractivity contribution is 8.03. The van der Waals surface area contributed by atoms with Gasteiger partial charge in [0, 0.05) is 12.5 Å². The average Bonchev–Trinajstić information content (AvgIpc) is 2.84. The molecule has 2 amide bonds. The monoisotopic (exact) mass is 510 g/mol. The summed E-state index contributed by atoms with van der Waals surface area (Å²) < 4.78 is 5.30. The van der Waals surface area contributed by atoms with E-state index in [9.17, 15) is 19.5 Å². The number of esters is 1. The van der Waals surface area contributed by atoms with Gasteiger partial charge in [-0.2, -0.15) is 0 Å². The molecule has 2 aromatic rings. The van der Waals surface area contributed by atoms with Gasteiger partial charge in [-0.15, -0.1) is 11.8 Å². The maximum atomic E-state index is 13.9. The maximum absolute atomic E-state index is 13.9. The number of aliphatic hydroxyl groups is 1. The molecule has 1 heterocycles. The second kappa shape index (κ2) is 12.2. The van der Waals surface area contributed by atoms with Crippen molar-refractivity contribution < 1.29 is 24.2 Å². The number of rotatable bonds is 9. The molecule has 0 aliphatic carbocycles. The van der Waals surface area contributed by atoms with E-state index in [1.54, 1.807) is 13.8 Å². The van der Waals surface area contributed by atoms with Crippen molar-refractivity contribution in [1.29, 1.82) is 0 Å². The van der Waals surface area contributed by atoms with Crippen LogP contribution in [0.4, 0.5) is 0 Å². The van der Waals surface area contributed by atoms with Crippen molar-refractivity contribution >= 4 is 35.2 Å². The van der Waals surface area contributed by atoms with Gasteiger partial charge in [0.25, 0.3) is 5.91 Å². The van der Waals surface area contributed by atoms with Crippen LogP contribution in [0, 0.1) is 5.92 Å². The first-order valence-electron chi connectivity index (χ1n) is 12.1. The molecule has 2 unspecified atom stereocenters. The van der Waals surface area contributed by atoms with Crippen molar-refractivity contribution in [1.82, 2.24) is 10.0 Å². The van der Waals surface area contributed by atoms with Gasteiger partial charge in [-0.1, -0.05) is 74.5 Å². The van der Waals surface area contributed by atoms with Crippen LogP contribution >= 0.6 is 11.8 Å². The lowest BCUT2D eigenvalue weighted by Crippen LogP contribution is -2.61. The van der Waals surface area contributed by atoms with E-state index in [0.29, 0.717) is 5.70 Å². The van der Waals surface area contributed by atoms with Crippen LogP contribution in [0.25, 0.3) is 5.70 Å². The first-order valence-corrected chi connectivity index (χ1v) is 13.0. The van der Waals surface area contributed by atoms with Crippen molar-refractivity contribution in [3.63, 3.8) is 0 Å². The lowest BCUT2D eigenvalue weighted by atomic mass is 9.99. The number of aliphatic hydroxyl groups excluding tert-OH is 1. The van der Waals surface area contributed by atoms with Crippen molar-refractivity contribution in [3.8, 4) is 0 Å². The number of ether oxygens (including phenoxy) is 1. The molecule has 2 aromatic carbocycles. The Morgan fingerprint density at radius 1 is 1.03 bits per heavy atom. The molecular formula is C28H34N2O5S. The highest BCUT2D eigenvalue weighted by Gasteiger charge is 2.44. The molecule has 36 heavy (non-hydrogen) atoms. The summed E-state index contributed by atoms with van der Waals surface area (Å²) in [4.78, 5) is 40.0. The lowest BCUT2D eigenvalue weighted by Gasteiger charge is -2.45. The van der Waals surface area contributed by atoms with Crippen LogP contribution in [-0.2, 0) is 25.5 Å². The van der Waals surface area contributed by atoms with Crippen LogP contribution < -0.4 is 0 Å². The molecule has 7 nitrogen and oxygen atoms in total. The van der Waals surface area contributed by atoms with E-state index in [2.05, 4.69) is 0 Å². The quantitative estimate of drug-likeness (QED) is 0.507. The summed E-state index contributed by atoms with van der Waals surface area (Å²) in [7, 11) is 0. The van der Waals surface area contributed by atoms with Crippen molar-refractivity contribution in [2.45, 2.75) is 64.5 Å². The molecule has 1 N–H and O–H groups in total. The van der Waals surface area contributed by atoms with Crippen molar-refractivity contribution in [3.05, 3.63) is 77.2 Å². The zero-order valence-corrected chi connectivity index (χ0v) is 22.1. The number of benzene rings is 2. The number of hydrogen-bond donors (Lipinski definition) is 1. The van der Waals surface area contributed by atoms with Gasteiger partial charge in [0.05, 0.1) is 23.1 Å². The zero-order chi connectivity index (χ0) is 26.4. The molecule has 0 bridgehead atoms. The highest BCUT2D eigenvalue weighted by Crippen LogP contribution is 2.37. The number of thioether (sulfide) groups is 1. The topological polar surface area (TPSA) is 87.2 Å². The van der Waals surface area contributed by atoms with E-state index >= 15 is 0 Å². The number of nitrogens with zero attached hydrogens (tertiary/aromatic N) is 2. The molecule has 3 atom stereocenters. The number of carbonyl (C=O) groups excluding carboxylic acids is 3. The Balaban J connectivity index is 2.15. The van der Waals surface area contributed by atoms with E-state index in [1.807, 2.05) is 79.9 Å². The van der Waals surface area contributed by atoms with Crippen molar-refractivity contribution in [2.75, 3.05) is 0 Å². The average molecular weight is 511 g/mol. The van der Waals surface area contributed by atoms with Gasteiger partial charge in [-0.05, 0) is 37.2 Å². The molecule has 8 heteroatoms. The minimum atomic E-state index is -1.67. The maximum Gasteiger partial charge on any atom is 0.337 e. The predicted octanol–water partition coefficient (Wildman–Crippen LogP) is 4.27. The van der Waals surface area contributed by atoms with Gasteiger partial charge in [0.1, 0.15) is 0 Å². The fraction of sp³-hybridized carbons (Fsp3) is 0.393. The first-order chi connectivity index (χ1) is 17.1. The molecule has 0 saturated carbocycles. The largest absolute Gasteiger partial charge is 0.461 e. The molecular weight excluding hydrogens is 476 g/mol. The number of hydrogen-bond acceptors (Lipinski definition) is 6. The van der Waals surface area contributed by atoms with E-state index in [-0.39, 0.29) is 18.2 Å². The normalized spacial score (nSPS) is 17.6. The Bertz CT molecular complexity index is 1090. The smallest absolute Gasteiger partial charge is 0.337 e. The minimum absolute atomic E-state index is 0.00390. The first kappa shape index (κ1) is 27.5. The SMILES string of the molecule is CC(=O)N([C@@H](Cc1ccccc1)C(O)C(=O)OC(C)C)N1C(=O)C(C(C)C)SC=C1c1ccccc1. The third-order valence-corrected chi connectivity index (χ3v) is 7.18. The molecule has 0 aromatic heterocycles. The Morgan fingerprint density at radius 3 is 2.14 bits per heavy atom. The second-order valence-electron chi connectivity index (χ2n) is 9.37. The van der Waals surface area contributed by atoms with Gasteiger partial charge < -0.3 is 9.84 Å². The summed E-state index contributed by atoms with van der Waals surface area (Å²) in [6.45, 7) is 8.61. The van der Waals surface area contributed by atoms with Gasteiger partial charge >= 0.3 is 5.97 Å². The van der Waals surface area contributed by atoms with E-state index in [0.717, 1.165) is 11.1 Å². The van der Waals surface area contributed by atoms with Gasteiger partial charge in [-0.25, -0.2) is 14.8 Å². The third-order valence-electron chi connectivity index (χ3n) is 5.78. The lowest BCUT2D eigenvalue weighted by molar-refractivity contribution is -0.175. The van der Waals surface area contributed by atoms with Crippen molar-refractivity contribution in [2.24, 2.45) is 5.92 Å². The third kappa shape index (κ3) is 6.36. The van der Waals surface area contributed by atoms with Crippen LogP contribution in [0.3, 0.4) is 0 Å². The molecule has 1 aliphatic heterocycles. The zero-order valence-electron chi connectivity index (χ0n) is 21.3. The van der Waals surface area contributed by atoms with Gasteiger partial charge in [-0.3, -0.25) is 9.59 Å². The molecule has 0 saturated heterocycles. The summed E-state index contributed by atoms with van der Waals surface area (Å²) in [5.41, 5.74) is 2.05. The Hall–Kier alpha value is -3.10. The minimum Gasteiger partial charge on any atom is -0.461 e. The second-order valence-corrected chi connectivity index (χ2v) is 10.4. The molecule has 1 aliphatic rings. The Morgan fingerprint density at radius 2 is 1.61 bits per heavy atom. The van der Waals surface area contributed by atoms with Gasteiger partial charge in [0.2, 0.25) is 5.91 Å². The van der Waals surface area contributed by atoms with Crippen LogP contribution in [0.2, 0.25) is 0 Å². The molecule has 3 rings (SSSR count). The van der Waals surface area contributed by atoms with E-state index in [4.69, 9.17) is 4.74 Å². The number of hydrazine groups is 1. The number of amides is 2. The summed E-state index contributed by atoms with van der Waals surface area (Å²) in [5.74, 6) is -1.61. The Kier molecular flexibility index (Phi) is 9.34. The summed E-state index contributed by atoms with van der Waals surface area (Å²) in [6.07, 6.45) is -1.98. The standard InChI is InChI=1S/C28H34N2O5S/c1-18(2)26-27(33)30(24(17-36-26)22-14-10-7-11-15-22)29(20(5)31)23(16-21-12-8-6-9-13-21)25(32)28(34)35-19(3)4/h6-15,17-19,23,25-26,32H,16H2,1-5H3/t23-,25?,26?/m0/s1. The van der Waals surface area contributed by atoms with Gasteiger partial charge in [0.15, 0.2) is 6.10 Å². The van der Waals surface area contributed by atoms with E-state index < -0.39 is 35.4 Å². The molecule has 0 spiro atoms. The number of carbonyl (C=O) groups is 3. The fourth-order valence-electron chi connectivity index (χ4n) is 4.12.